The number of hydrogen-bond donors (Lipinski definition) is 3. The van der Waals surface area contributed by atoms with Gasteiger partial charge >= 0.3 is 5.97 Å². The van der Waals surface area contributed by atoms with E-state index in [-0.39, 0.29) is 47.9 Å². The second-order valence-electron chi connectivity index (χ2n) is 6.89. The maximum Gasteiger partial charge on any atom is 0.305 e. The van der Waals surface area contributed by atoms with Gasteiger partial charge in [0.2, 0.25) is 5.91 Å². The van der Waals surface area contributed by atoms with Crippen molar-refractivity contribution in [3.05, 3.63) is 0 Å². The zero-order valence-electron chi connectivity index (χ0n) is 16.9. The Morgan fingerprint density at radius 3 is 2.23 bits per heavy atom. The molecule has 0 bridgehead atoms. The maximum atomic E-state index is 11.8. The SMILES string of the molecule is CCNC(=NCC(=O)NC(C)(C)C)NCCCCCCC(=O)OCC.I. The van der Waals surface area contributed by atoms with Gasteiger partial charge in [0.05, 0.1) is 6.61 Å². The molecule has 0 aromatic carbocycles. The first-order valence-corrected chi connectivity index (χ1v) is 9.27. The van der Waals surface area contributed by atoms with Crippen LogP contribution in [0, 0.1) is 0 Å². The first-order valence-electron chi connectivity index (χ1n) is 9.27. The van der Waals surface area contributed by atoms with Crippen molar-refractivity contribution in [2.45, 2.75) is 72.3 Å². The minimum Gasteiger partial charge on any atom is -0.466 e. The van der Waals surface area contributed by atoms with Gasteiger partial charge in [0.1, 0.15) is 6.54 Å². The molecule has 7 nitrogen and oxygen atoms in total. The molecule has 8 heteroatoms. The molecule has 0 aromatic heterocycles. The summed E-state index contributed by atoms with van der Waals surface area (Å²) in [4.78, 5) is 27.3. The smallest absolute Gasteiger partial charge is 0.305 e. The van der Waals surface area contributed by atoms with Gasteiger partial charge in [-0.2, -0.15) is 0 Å². The lowest BCUT2D eigenvalue weighted by Crippen LogP contribution is -2.43. The number of guanidine groups is 1. The second kappa shape index (κ2) is 16.1. The number of esters is 1. The highest BCUT2D eigenvalue weighted by Crippen LogP contribution is 2.03. The number of halogens is 1. The summed E-state index contributed by atoms with van der Waals surface area (Å²) < 4.78 is 4.90. The van der Waals surface area contributed by atoms with E-state index in [9.17, 15) is 9.59 Å². The Kier molecular flexibility index (Phi) is 16.9. The Bertz CT molecular complexity index is 423. The van der Waals surface area contributed by atoms with Crippen molar-refractivity contribution < 1.29 is 14.3 Å². The largest absolute Gasteiger partial charge is 0.466 e. The molecular formula is C18H37IN4O3. The van der Waals surface area contributed by atoms with Crippen molar-refractivity contribution >= 4 is 41.8 Å². The quantitative estimate of drug-likeness (QED) is 0.138. The minimum absolute atomic E-state index is 0. The molecule has 0 atom stereocenters. The highest BCUT2D eigenvalue weighted by atomic mass is 127. The van der Waals surface area contributed by atoms with Gasteiger partial charge in [-0.1, -0.05) is 12.8 Å². The van der Waals surface area contributed by atoms with Gasteiger partial charge in [-0.25, -0.2) is 4.99 Å². The lowest BCUT2D eigenvalue weighted by atomic mass is 10.1. The number of carbonyl (C=O) groups excluding carboxylic acids is 2. The number of nitrogens with zero attached hydrogens (tertiary/aromatic N) is 1. The van der Waals surface area contributed by atoms with Gasteiger partial charge in [0, 0.05) is 25.0 Å². The molecule has 0 aromatic rings. The molecule has 0 aliphatic rings. The Labute approximate surface area is 175 Å². The predicted octanol–water partition coefficient (Wildman–Crippen LogP) is 2.59. The molecule has 0 aliphatic heterocycles. The van der Waals surface area contributed by atoms with E-state index in [4.69, 9.17) is 4.74 Å². The van der Waals surface area contributed by atoms with Crippen LogP contribution in [0.2, 0.25) is 0 Å². The summed E-state index contributed by atoms with van der Waals surface area (Å²) in [6.45, 7) is 11.7. The van der Waals surface area contributed by atoms with E-state index < -0.39 is 0 Å². The van der Waals surface area contributed by atoms with Gasteiger partial charge < -0.3 is 20.7 Å². The summed E-state index contributed by atoms with van der Waals surface area (Å²) in [6, 6.07) is 0. The van der Waals surface area contributed by atoms with E-state index in [2.05, 4.69) is 20.9 Å². The van der Waals surface area contributed by atoms with Gasteiger partial charge in [-0.05, 0) is 47.5 Å². The Hall–Kier alpha value is -1.06. The van der Waals surface area contributed by atoms with Crippen molar-refractivity contribution in [2.24, 2.45) is 4.99 Å². The molecular weight excluding hydrogens is 447 g/mol. The molecule has 1 amide bonds. The fourth-order valence-corrected chi connectivity index (χ4v) is 2.14. The molecule has 0 spiro atoms. The van der Waals surface area contributed by atoms with Gasteiger partial charge in [0.25, 0.3) is 0 Å². The van der Waals surface area contributed by atoms with E-state index in [1.165, 1.54) is 0 Å². The molecule has 154 valence electrons. The molecule has 0 saturated heterocycles. The zero-order valence-corrected chi connectivity index (χ0v) is 19.3. The summed E-state index contributed by atoms with van der Waals surface area (Å²) in [7, 11) is 0. The number of aliphatic imine (C=N–C) groups is 1. The van der Waals surface area contributed by atoms with Gasteiger partial charge in [-0.3, -0.25) is 9.59 Å². The molecule has 0 rings (SSSR count). The maximum absolute atomic E-state index is 11.8. The van der Waals surface area contributed by atoms with Crippen LogP contribution in [0.5, 0.6) is 0 Å². The molecule has 0 saturated carbocycles. The van der Waals surface area contributed by atoms with Gasteiger partial charge in [0.15, 0.2) is 5.96 Å². The summed E-state index contributed by atoms with van der Waals surface area (Å²) in [5.74, 6) is 0.442. The molecule has 0 aliphatic carbocycles. The van der Waals surface area contributed by atoms with Crippen LogP contribution in [0.25, 0.3) is 0 Å². The van der Waals surface area contributed by atoms with Crippen LogP contribution < -0.4 is 16.0 Å². The normalized spacial score (nSPS) is 11.3. The van der Waals surface area contributed by atoms with E-state index in [0.29, 0.717) is 19.0 Å². The fraction of sp³-hybridized carbons (Fsp3) is 0.833. The van der Waals surface area contributed by atoms with Crippen molar-refractivity contribution in [3.63, 3.8) is 0 Å². The number of amides is 1. The standard InChI is InChI=1S/C18H36N4O3.HI/c1-6-19-17(21-14-15(23)22-18(3,4)5)20-13-11-9-8-10-12-16(24)25-7-2;/h6-14H2,1-5H3,(H,22,23)(H2,19,20,21);1H. The zero-order chi connectivity index (χ0) is 19.1. The molecule has 0 radical (unpaired) electrons. The Morgan fingerprint density at radius 1 is 1.00 bits per heavy atom. The first kappa shape index (κ1) is 27.2. The summed E-state index contributed by atoms with van der Waals surface area (Å²) in [5.41, 5.74) is -0.248. The van der Waals surface area contributed by atoms with Crippen LogP contribution in [0.4, 0.5) is 0 Å². The molecule has 3 N–H and O–H groups in total. The average molecular weight is 484 g/mol. The summed E-state index contributed by atoms with van der Waals surface area (Å²) in [5, 5.41) is 9.24. The predicted molar refractivity (Wildman–Crippen MR) is 117 cm³/mol. The van der Waals surface area contributed by atoms with Gasteiger partial charge in [-0.15, -0.1) is 24.0 Å². The number of carbonyl (C=O) groups is 2. The van der Waals surface area contributed by atoms with Crippen LogP contribution in [0.1, 0.15) is 66.7 Å². The third-order valence-electron chi connectivity index (χ3n) is 3.14. The number of rotatable bonds is 11. The first-order chi connectivity index (χ1) is 11.8. The topological polar surface area (TPSA) is 91.8 Å². The van der Waals surface area contributed by atoms with E-state index >= 15 is 0 Å². The number of nitrogens with one attached hydrogen (secondary N) is 3. The third kappa shape index (κ3) is 17.8. The lowest BCUT2D eigenvalue weighted by Gasteiger charge is -2.20. The van der Waals surface area contributed by atoms with E-state index in [1.807, 2.05) is 34.6 Å². The Balaban J connectivity index is 0. The van der Waals surface area contributed by atoms with Crippen LogP contribution in [0.15, 0.2) is 4.99 Å². The monoisotopic (exact) mass is 484 g/mol. The lowest BCUT2D eigenvalue weighted by molar-refractivity contribution is -0.143. The third-order valence-corrected chi connectivity index (χ3v) is 3.14. The van der Waals surface area contributed by atoms with Crippen molar-refractivity contribution in [2.75, 3.05) is 26.2 Å². The number of hydrogen-bond acceptors (Lipinski definition) is 4. The van der Waals surface area contributed by atoms with E-state index in [0.717, 1.165) is 38.8 Å². The molecule has 26 heavy (non-hydrogen) atoms. The number of ether oxygens (including phenoxy) is 1. The molecule has 0 unspecified atom stereocenters. The number of unbranched alkanes of at least 4 members (excludes halogenated alkanes) is 3. The summed E-state index contributed by atoms with van der Waals surface area (Å²) in [6.07, 6.45) is 4.38. The van der Waals surface area contributed by atoms with E-state index in [1.54, 1.807) is 0 Å². The van der Waals surface area contributed by atoms with Crippen LogP contribution in [0.3, 0.4) is 0 Å². The van der Waals surface area contributed by atoms with Crippen molar-refractivity contribution in [1.29, 1.82) is 0 Å². The Morgan fingerprint density at radius 2 is 1.65 bits per heavy atom. The van der Waals surface area contributed by atoms with Crippen molar-refractivity contribution in [3.8, 4) is 0 Å². The van der Waals surface area contributed by atoms with Crippen molar-refractivity contribution in [1.82, 2.24) is 16.0 Å². The average Bonchev–Trinajstić information content (AvgIpc) is 2.50. The molecule has 0 heterocycles. The molecule has 0 fully saturated rings. The highest BCUT2D eigenvalue weighted by molar-refractivity contribution is 14.0. The fourth-order valence-electron chi connectivity index (χ4n) is 2.14. The second-order valence-corrected chi connectivity index (χ2v) is 6.89. The minimum atomic E-state index is -0.248. The van der Waals surface area contributed by atoms with Crippen LogP contribution >= 0.6 is 24.0 Å². The van der Waals surface area contributed by atoms with Crippen LogP contribution in [-0.4, -0.2) is 49.6 Å². The highest BCUT2D eigenvalue weighted by Gasteiger charge is 2.13. The summed E-state index contributed by atoms with van der Waals surface area (Å²) >= 11 is 0. The van der Waals surface area contributed by atoms with Crippen LogP contribution in [-0.2, 0) is 14.3 Å².